The van der Waals surface area contributed by atoms with Crippen LogP contribution in [-0.2, 0) is 16.0 Å². The molecule has 7 nitrogen and oxygen atoms in total. The molecule has 0 radical (unpaired) electrons. The summed E-state index contributed by atoms with van der Waals surface area (Å²) in [6.07, 6.45) is 5.06. The SMILES string of the molecule is O=C(C[NH+](CCc1ccc2c(c1)OCCO2)CC(=O)NC1CC1)NC1CC1. The number of quaternary nitrogens is 1. The summed E-state index contributed by atoms with van der Waals surface area (Å²) >= 11 is 0. The molecule has 27 heavy (non-hydrogen) atoms. The maximum Gasteiger partial charge on any atom is 0.275 e. The Hall–Kier alpha value is -2.28. The lowest BCUT2D eigenvalue weighted by Gasteiger charge is -2.21. The molecule has 2 aliphatic carbocycles. The molecule has 0 aromatic heterocycles. The normalized spacial score (nSPS) is 18.3. The zero-order valence-electron chi connectivity index (χ0n) is 15.6. The number of rotatable bonds is 9. The van der Waals surface area contributed by atoms with Crippen LogP contribution in [0.2, 0.25) is 0 Å². The summed E-state index contributed by atoms with van der Waals surface area (Å²) in [6, 6.07) is 6.65. The quantitative estimate of drug-likeness (QED) is 0.541. The monoisotopic (exact) mass is 374 g/mol. The molecular weight excluding hydrogens is 346 g/mol. The van der Waals surface area contributed by atoms with Gasteiger partial charge in [-0.3, -0.25) is 9.59 Å². The fourth-order valence-corrected chi connectivity index (χ4v) is 3.27. The van der Waals surface area contributed by atoms with Crippen molar-refractivity contribution in [1.82, 2.24) is 10.6 Å². The van der Waals surface area contributed by atoms with Crippen LogP contribution in [0.1, 0.15) is 31.2 Å². The van der Waals surface area contributed by atoms with Crippen LogP contribution in [0.15, 0.2) is 18.2 Å². The summed E-state index contributed by atoms with van der Waals surface area (Å²) in [4.78, 5) is 25.4. The first-order valence-corrected chi connectivity index (χ1v) is 9.96. The number of carbonyl (C=O) groups is 2. The van der Waals surface area contributed by atoms with Crippen molar-refractivity contribution in [3.63, 3.8) is 0 Å². The molecule has 1 aromatic rings. The van der Waals surface area contributed by atoms with Gasteiger partial charge in [-0.1, -0.05) is 6.07 Å². The number of fused-ring (bicyclic) bond motifs is 1. The molecule has 2 saturated carbocycles. The lowest BCUT2D eigenvalue weighted by atomic mass is 10.1. The highest BCUT2D eigenvalue weighted by Gasteiger charge is 2.28. The van der Waals surface area contributed by atoms with Crippen LogP contribution in [0.3, 0.4) is 0 Å². The second-order valence-corrected chi connectivity index (χ2v) is 7.77. The highest BCUT2D eigenvalue weighted by Crippen LogP contribution is 2.30. The molecule has 2 fully saturated rings. The van der Waals surface area contributed by atoms with E-state index in [1.807, 2.05) is 18.2 Å². The third kappa shape index (κ3) is 5.60. The third-order valence-electron chi connectivity index (χ3n) is 5.08. The number of hydrogen-bond donors (Lipinski definition) is 3. The van der Waals surface area contributed by atoms with Crippen molar-refractivity contribution in [3.05, 3.63) is 23.8 Å². The van der Waals surface area contributed by atoms with Crippen LogP contribution in [0.4, 0.5) is 0 Å². The van der Waals surface area contributed by atoms with Crippen LogP contribution in [0, 0.1) is 0 Å². The summed E-state index contributed by atoms with van der Waals surface area (Å²) in [6.45, 7) is 2.53. The molecule has 1 aromatic carbocycles. The van der Waals surface area contributed by atoms with Gasteiger partial charge in [0.2, 0.25) is 0 Å². The molecule has 3 aliphatic rings. The lowest BCUT2D eigenvalue weighted by molar-refractivity contribution is -0.883. The number of ether oxygens (including phenoxy) is 2. The topological polar surface area (TPSA) is 81.1 Å². The molecule has 2 amide bonds. The van der Waals surface area contributed by atoms with Crippen molar-refractivity contribution in [1.29, 1.82) is 0 Å². The van der Waals surface area contributed by atoms with Crippen LogP contribution in [-0.4, -0.2) is 56.7 Å². The fourth-order valence-electron chi connectivity index (χ4n) is 3.27. The molecule has 0 unspecified atom stereocenters. The van der Waals surface area contributed by atoms with E-state index < -0.39 is 0 Å². The van der Waals surface area contributed by atoms with E-state index in [9.17, 15) is 9.59 Å². The van der Waals surface area contributed by atoms with Gasteiger partial charge in [-0.2, -0.15) is 0 Å². The van der Waals surface area contributed by atoms with Crippen LogP contribution in [0.5, 0.6) is 11.5 Å². The molecular formula is C20H28N3O4+. The Labute approximate surface area is 159 Å². The van der Waals surface area contributed by atoms with Crippen LogP contribution in [0.25, 0.3) is 0 Å². The first-order chi connectivity index (χ1) is 13.2. The number of hydrogen-bond acceptors (Lipinski definition) is 4. The first-order valence-electron chi connectivity index (χ1n) is 9.96. The largest absolute Gasteiger partial charge is 0.486 e. The van der Waals surface area contributed by atoms with Gasteiger partial charge >= 0.3 is 0 Å². The summed E-state index contributed by atoms with van der Waals surface area (Å²) in [5.41, 5.74) is 1.13. The van der Waals surface area contributed by atoms with Gasteiger partial charge in [0.15, 0.2) is 24.6 Å². The Morgan fingerprint density at radius 1 is 0.926 bits per heavy atom. The van der Waals surface area contributed by atoms with Gasteiger partial charge in [0, 0.05) is 18.5 Å². The Balaban J connectivity index is 1.33. The third-order valence-corrected chi connectivity index (χ3v) is 5.08. The molecule has 0 atom stereocenters. The molecule has 1 heterocycles. The van der Waals surface area contributed by atoms with E-state index in [2.05, 4.69) is 10.6 Å². The zero-order chi connectivity index (χ0) is 18.6. The molecule has 4 rings (SSSR count). The Morgan fingerprint density at radius 3 is 2.11 bits per heavy atom. The molecule has 3 N–H and O–H groups in total. The van der Waals surface area contributed by atoms with Crippen molar-refractivity contribution < 1.29 is 24.0 Å². The average Bonchev–Trinajstić information content (AvgIpc) is 3.57. The van der Waals surface area contributed by atoms with Crippen LogP contribution < -0.4 is 25.0 Å². The Kier molecular flexibility index (Phi) is 5.48. The Bertz CT molecular complexity index is 672. The van der Waals surface area contributed by atoms with E-state index in [0.717, 1.165) is 60.6 Å². The molecule has 0 bridgehead atoms. The molecule has 1 aliphatic heterocycles. The zero-order valence-corrected chi connectivity index (χ0v) is 15.6. The minimum absolute atomic E-state index is 0.0360. The van der Waals surface area contributed by atoms with Crippen molar-refractivity contribution >= 4 is 11.8 Å². The summed E-state index contributed by atoms with van der Waals surface area (Å²) in [5, 5.41) is 6.04. The average molecular weight is 374 g/mol. The summed E-state index contributed by atoms with van der Waals surface area (Å²) < 4.78 is 11.2. The van der Waals surface area contributed by atoms with E-state index in [0.29, 0.717) is 38.4 Å². The van der Waals surface area contributed by atoms with Crippen LogP contribution >= 0.6 is 0 Å². The van der Waals surface area contributed by atoms with Crippen molar-refractivity contribution in [2.45, 2.75) is 44.2 Å². The molecule has 146 valence electrons. The van der Waals surface area contributed by atoms with Crippen molar-refractivity contribution in [3.8, 4) is 11.5 Å². The number of carbonyl (C=O) groups excluding carboxylic acids is 2. The minimum Gasteiger partial charge on any atom is -0.486 e. The van der Waals surface area contributed by atoms with Gasteiger partial charge in [-0.05, 0) is 43.4 Å². The smallest absolute Gasteiger partial charge is 0.275 e. The lowest BCUT2D eigenvalue weighted by Crippen LogP contribution is -3.14. The summed E-state index contributed by atoms with van der Waals surface area (Å²) in [7, 11) is 0. The predicted octanol–water partition coefficient (Wildman–Crippen LogP) is -0.558. The van der Waals surface area contributed by atoms with Gasteiger partial charge in [0.05, 0.1) is 6.54 Å². The van der Waals surface area contributed by atoms with E-state index in [-0.39, 0.29) is 11.8 Å². The summed E-state index contributed by atoms with van der Waals surface area (Å²) in [5.74, 6) is 1.63. The maximum absolute atomic E-state index is 12.2. The van der Waals surface area contributed by atoms with E-state index in [4.69, 9.17) is 9.47 Å². The first kappa shape index (κ1) is 18.1. The molecule has 0 spiro atoms. The van der Waals surface area contributed by atoms with Gasteiger partial charge in [-0.15, -0.1) is 0 Å². The maximum atomic E-state index is 12.2. The standard InChI is InChI=1S/C20H27N3O4/c24-19(21-15-2-3-15)12-23(13-20(25)22-16-4-5-16)8-7-14-1-6-17-18(11-14)27-10-9-26-17/h1,6,11,15-16H,2-5,7-10,12-13H2,(H,21,24)(H,22,25)/p+1. The van der Waals surface area contributed by atoms with Crippen molar-refractivity contribution in [2.75, 3.05) is 32.8 Å². The van der Waals surface area contributed by atoms with E-state index in [1.165, 1.54) is 0 Å². The second kappa shape index (κ2) is 8.17. The molecule has 0 saturated heterocycles. The fraction of sp³-hybridized carbons (Fsp3) is 0.600. The molecule has 7 heteroatoms. The van der Waals surface area contributed by atoms with Gasteiger partial charge in [-0.25, -0.2) is 0 Å². The number of benzene rings is 1. The Morgan fingerprint density at radius 2 is 1.52 bits per heavy atom. The number of amides is 2. The minimum atomic E-state index is 0.0360. The van der Waals surface area contributed by atoms with Gasteiger partial charge in [0.25, 0.3) is 11.8 Å². The highest BCUT2D eigenvalue weighted by atomic mass is 16.6. The van der Waals surface area contributed by atoms with Gasteiger partial charge < -0.3 is 25.0 Å². The van der Waals surface area contributed by atoms with E-state index in [1.54, 1.807) is 0 Å². The number of nitrogens with one attached hydrogen (secondary N) is 3. The second-order valence-electron chi connectivity index (χ2n) is 7.77. The highest BCUT2D eigenvalue weighted by molar-refractivity contribution is 5.79. The predicted molar refractivity (Wildman–Crippen MR) is 99.0 cm³/mol. The van der Waals surface area contributed by atoms with Crippen molar-refractivity contribution in [2.24, 2.45) is 0 Å². The van der Waals surface area contributed by atoms with Gasteiger partial charge in [0.1, 0.15) is 13.2 Å². The van der Waals surface area contributed by atoms with E-state index >= 15 is 0 Å².